The molecule has 1 aromatic rings. The molecule has 1 unspecified atom stereocenters. The second-order valence-electron chi connectivity index (χ2n) is 11.2. The minimum absolute atomic E-state index is 0.000680. The molecule has 0 aliphatic rings. The molecule has 1 aromatic heterocycles. The Kier molecular flexibility index (Phi) is 20.6. The number of carbonyl (C=O) groups excluding carboxylic acids is 1. The van der Waals surface area contributed by atoms with E-state index in [4.69, 9.17) is 18.9 Å². The number of ether oxygens (including phenoxy) is 4. The van der Waals surface area contributed by atoms with E-state index in [0.29, 0.717) is 64.6 Å². The Bertz CT molecular complexity index is 708. The van der Waals surface area contributed by atoms with Crippen LogP contribution in [0.15, 0.2) is 6.20 Å². The summed E-state index contributed by atoms with van der Waals surface area (Å²) in [5.74, 6) is 0.524. The maximum absolute atomic E-state index is 13.3. The SMILES string of the molecule is CC(C)C(=O)CCC(F)COC(C)(C)C.CC(C)NCCOCCOCCOCCn1cc(C(C)C)nn1. The zero-order chi connectivity index (χ0) is 29.0. The smallest absolute Gasteiger partial charge is 0.135 e. The summed E-state index contributed by atoms with van der Waals surface area (Å²) in [5.41, 5.74) is 0.698. The van der Waals surface area contributed by atoms with E-state index in [-0.39, 0.29) is 30.3 Å². The van der Waals surface area contributed by atoms with Gasteiger partial charge in [0.25, 0.3) is 0 Å². The van der Waals surface area contributed by atoms with E-state index in [9.17, 15) is 9.18 Å². The van der Waals surface area contributed by atoms with E-state index in [2.05, 4.69) is 43.3 Å². The average molecular weight is 547 g/mol. The zero-order valence-electron chi connectivity index (χ0n) is 25.4. The van der Waals surface area contributed by atoms with Gasteiger partial charge in [-0.15, -0.1) is 5.10 Å². The van der Waals surface area contributed by atoms with Crippen molar-refractivity contribution in [2.45, 2.75) is 105 Å². The molecule has 1 heterocycles. The van der Waals surface area contributed by atoms with Gasteiger partial charge in [-0.25, -0.2) is 9.07 Å². The Morgan fingerprint density at radius 3 is 2.05 bits per heavy atom. The van der Waals surface area contributed by atoms with Crippen LogP contribution in [-0.2, 0) is 30.3 Å². The lowest BCUT2D eigenvalue weighted by atomic mass is 10.0. The maximum Gasteiger partial charge on any atom is 0.135 e. The van der Waals surface area contributed by atoms with Crippen molar-refractivity contribution in [3.63, 3.8) is 0 Å². The first-order valence-electron chi connectivity index (χ1n) is 14.0. The fourth-order valence-corrected chi connectivity index (χ4v) is 2.82. The van der Waals surface area contributed by atoms with Crippen LogP contribution in [0.5, 0.6) is 0 Å². The third kappa shape index (κ3) is 22.5. The number of rotatable bonds is 20. The van der Waals surface area contributed by atoms with E-state index in [0.717, 1.165) is 12.2 Å². The van der Waals surface area contributed by atoms with Gasteiger partial charge in [0.2, 0.25) is 0 Å². The molecule has 0 bridgehead atoms. The topological polar surface area (TPSA) is 96.7 Å². The summed E-state index contributed by atoms with van der Waals surface area (Å²) in [6, 6.07) is 0.501. The van der Waals surface area contributed by atoms with E-state index in [1.807, 2.05) is 45.5 Å². The predicted molar refractivity (Wildman–Crippen MR) is 149 cm³/mol. The summed E-state index contributed by atoms with van der Waals surface area (Å²) < 4.78 is 36.8. The molecule has 0 aliphatic heterocycles. The highest BCUT2D eigenvalue weighted by Gasteiger charge is 2.16. The predicted octanol–water partition coefficient (Wildman–Crippen LogP) is 4.59. The highest BCUT2D eigenvalue weighted by Crippen LogP contribution is 2.12. The van der Waals surface area contributed by atoms with Crippen molar-refractivity contribution in [3.8, 4) is 0 Å². The van der Waals surface area contributed by atoms with Crippen LogP contribution >= 0.6 is 0 Å². The number of ketones is 1. The van der Waals surface area contributed by atoms with Crippen molar-refractivity contribution in [2.24, 2.45) is 5.92 Å². The minimum Gasteiger partial charge on any atom is -0.378 e. The Hall–Kier alpha value is -1.46. The van der Waals surface area contributed by atoms with Crippen molar-refractivity contribution >= 4 is 5.78 Å². The van der Waals surface area contributed by atoms with E-state index in [1.165, 1.54) is 0 Å². The van der Waals surface area contributed by atoms with Crippen molar-refractivity contribution in [1.29, 1.82) is 0 Å². The summed E-state index contributed by atoms with van der Waals surface area (Å²) in [5, 5.41) is 11.5. The number of carbonyl (C=O) groups is 1. The number of hydrogen-bond donors (Lipinski definition) is 1. The molecule has 224 valence electrons. The van der Waals surface area contributed by atoms with Gasteiger partial charge in [0.15, 0.2) is 0 Å². The average Bonchev–Trinajstić information content (AvgIpc) is 3.31. The Labute approximate surface area is 230 Å². The second-order valence-corrected chi connectivity index (χ2v) is 11.2. The maximum atomic E-state index is 13.3. The number of nitrogens with one attached hydrogen (secondary N) is 1. The molecule has 0 aromatic carbocycles. The molecule has 0 amide bonds. The van der Waals surface area contributed by atoms with Gasteiger partial charge in [-0.3, -0.25) is 4.79 Å². The zero-order valence-corrected chi connectivity index (χ0v) is 25.4. The van der Waals surface area contributed by atoms with Crippen LogP contribution in [0.3, 0.4) is 0 Å². The summed E-state index contributed by atoms with van der Waals surface area (Å²) in [4.78, 5) is 11.2. The van der Waals surface area contributed by atoms with Crippen LogP contribution in [0.2, 0.25) is 0 Å². The Morgan fingerprint density at radius 1 is 0.974 bits per heavy atom. The second kappa shape index (κ2) is 21.4. The van der Waals surface area contributed by atoms with Crippen molar-refractivity contribution in [1.82, 2.24) is 20.3 Å². The fourth-order valence-electron chi connectivity index (χ4n) is 2.82. The molecule has 0 saturated carbocycles. The first kappa shape index (κ1) is 36.5. The van der Waals surface area contributed by atoms with Crippen molar-refractivity contribution < 1.29 is 28.1 Å². The molecular formula is C28H55FN4O5. The molecule has 38 heavy (non-hydrogen) atoms. The quantitative estimate of drug-likeness (QED) is 0.237. The molecule has 0 saturated heterocycles. The van der Waals surface area contributed by atoms with E-state index < -0.39 is 6.17 Å². The van der Waals surface area contributed by atoms with Gasteiger partial charge < -0.3 is 24.3 Å². The van der Waals surface area contributed by atoms with Gasteiger partial charge in [0.1, 0.15) is 12.0 Å². The molecule has 0 radical (unpaired) electrons. The first-order chi connectivity index (χ1) is 17.8. The van der Waals surface area contributed by atoms with Gasteiger partial charge >= 0.3 is 0 Å². The third-order valence-corrected chi connectivity index (χ3v) is 5.20. The highest BCUT2D eigenvalue weighted by molar-refractivity contribution is 5.80. The number of halogens is 1. The minimum atomic E-state index is -1.04. The molecule has 1 N–H and O–H groups in total. The Balaban J connectivity index is 0.000000793. The highest BCUT2D eigenvalue weighted by atomic mass is 19.1. The van der Waals surface area contributed by atoms with Crippen LogP contribution in [0.1, 0.15) is 86.8 Å². The number of nitrogens with zero attached hydrogens (tertiary/aromatic N) is 3. The summed E-state index contributed by atoms with van der Waals surface area (Å²) in [7, 11) is 0. The molecule has 1 rings (SSSR count). The van der Waals surface area contributed by atoms with Gasteiger partial charge in [-0.05, 0) is 33.1 Å². The lowest BCUT2D eigenvalue weighted by molar-refractivity contribution is -0.122. The van der Waals surface area contributed by atoms with E-state index >= 15 is 0 Å². The fraction of sp³-hybridized carbons (Fsp3) is 0.893. The summed E-state index contributed by atoms with van der Waals surface area (Å²) in [6.45, 7) is 23.2. The number of aromatic nitrogens is 3. The number of alkyl halides is 1. The lowest BCUT2D eigenvalue weighted by Crippen LogP contribution is -2.27. The van der Waals surface area contributed by atoms with Crippen LogP contribution in [0, 0.1) is 5.92 Å². The molecule has 0 fully saturated rings. The molecule has 9 nitrogen and oxygen atoms in total. The van der Waals surface area contributed by atoms with Crippen molar-refractivity contribution in [2.75, 3.05) is 52.8 Å². The number of Topliss-reactive ketones (excluding diaryl/α,β-unsaturated/α-hetero) is 1. The molecule has 0 spiro atoms. The van der Waals surface area contributed by atoms with Crippen LogP contribution < -0.4 is 5.32 Å². The third-order valence-electron chi connectivity index (χ3n) is 5.20. The van der Waals surface area contributed by atoms with Gasteiger partial charge in [-0.2, -0.15) is 0 Å². The molecular weight excluding hydrogens is 491 g/mol. The van der Waals surface area contributed by atoms with Gasteiger partial charge in [-0.1, -0.05) is 46.8 Å². The van der Waals surface area contributed by atoms with Crippen LogP contribution in [-0.4, -0.2) is 91.4 Å². The van der Waals surface area contributed by atoms with E-state index in [1.54, 1.807) is 0 Å². The monoisotopic (exact) mass is 546 g/mol. The van der Waals surface area contributed by atoms with Crippen LogP contribution in [0.4, 0.5) is 4.39 Å². The summed E-state index contributed by atoms with van der Waals surface area (Å²) >= 11 is 0. The molecule has 0 aliphatic carbocycles. The molecule has 1 atom stereocenters. The Morgan fingerprint density at radius 2 is 1.55 bits per heavy atom. The van der Waals surface area contributed by atoms with Crippen molar-refractivity contribution in [3.05, 3.63) is 11.9 Å². The normalized spacial score (nSPS) is 12.8. The summed E-state index contributed by atoms with van der Waals surface area (Å²) in [6.07, 6.45) is 1.52. The standard InChI is InChI=1S/C16H32N4O3.C12H23FO2/c1-14(2)16-13-20(19-18-16)6-8-22-10-12-23-11-9-21-7-5-17-15(3)4;1-9(2)11(14)7-6-10(13)8-15-12(3,4)5/h13-15,17H,5-12H2,1-4H3;9-10H,6-8H2,1-5H3. The largest absolute Gasteiger partial charge is 0.378 e. The van der Waals surface area contributed by atoms with Gasteiger partial charge in [0, 0.05) is 31.1 Å². The van der Waals surface area contributed by atoms with Crippen LogP contribution in [0.25, 0.3) is 0 Å². The number of hydrogen-bond acceptors (Lipinski definition) is 8. The lowest BCUT2D eigenvalue weighted by Gasteiger charge is -2.21. The first-order valence-corrected chi connectivity index (χ1v) is 14.0. The molecule has 10 heteroatoms. The van der Waals surface area contributed by atoms with Gasteiger partial charge in [0.05, 0.1) is 64.1 Å².